The van der Waals surface area contributed by atoms with Gasteiger partial charge in [-0.15, -0.1) is 0 Å². The van der Waals surface area contributed by atoms with Crippen LogP contribution in [0.15, 0.2) is 83.8 Å². The van der Waals surface area contributed by atoms with Crippen LogP contribution in [0.3, 0.4) is 0 Å². The first-order valence-electron chi connectivity index (χ1n) is 9.66. The number of thiocarbonyl (C=S) groups is 1. The van der Waals surface area contributed by atoms with Crippen molar-refractivity contribution in [2.75, 3.05) is 0 Å². The fourth-order valence-electron chi connectivity index (χ4n) is 3.06. The lowest BCUT2D eigenvalue weighted by molar-refractivity contribution is -0.122. The molecule has 5 heteroatoms. The van der Waals surface area contributed by atoms with E-state index in [0.29, 0.717) is 22.4 Å². The highest BCUT2D eigenvalue weighted by Gasteiger charge is 2.31. The molecule has 1 fully saturated rings. The van der Waals surface area contributed by atoms with E-state index in [-0.39, 0.29) is 5.91 Å². The van der Waals surface area contributed by atoms with Crippen molar-refractivity contribution >= 4 is 40.3 Å². The second kappa shape index (κ2) is 9.28. The van der Waals surface area contributed by atoms with Gasteiger partial charge in [-0.25, -0.2) is 0 Å². The Kier molecular flexibility index (Phi) is 6.31. The molecule has 0 atom stereocenters. The Morgan fingerprint density at radius 2 is 1.63 bits per heavy atom. The molecule has 1 saturated heterocycles. The predicted octanol–water partition coefficient (Wildman–Crippen LogP) is 5.98. The fraction of sp³-hybridized carbons (Fsp3) is 0.120. The van der Waals surface area contributed by atoms with Gasteiger partial charge in [0, 0.05) is 0 Å². The molecule has 30 heavy (non-hydrogen) atoms. The molecule has 1 aliphatic heterocycles. The molecule has 0 aromatic heterocycles. The second-order valence-electron chi connectivity index (χ2n) is 7.10. The molecule has 1 amide bonds. The summed E-state index contributed by atoms with van der Waals surface area (Å²) in [5.41, 5.74) is 4.37. The molecule has 1 aliphatic rings. The Morgan fingerprint density at radius 1 is 0.933 bits per heavy atom. The van der Waals surface area contributed by atoms with Gasteiger partial charge in [0.15, 0.2) is 0 Å². The van der Waals surface area contributed by atoms with Crippen molar-refractivity contribution in [3.63, 3.8) is 0 Å². The van der Waals surface area contributed by atoms with Crippen LogP contribution in [-0.4, -0.2) is 15.1 Å². The second-order valence-corrected chi connectivity index (χ2v) is 8.77. The van der Waals surface area contributed by atoms with Crippen molar-refractivity contribution in [3.8, 4) is 5.75 Å². The van der Waals surface area contributed by atoms with Crippen LogP contribution in [0.4, 0.5) is 0 Å². The fourth-order valence-corrected chi connectivity index (χ4v) is 4.32. The Labute approximate surface area is 186 Å². The number of nitrogens with zero attached hydrogens (tertiary/aromatic N) is 1. The molecule has 150 valence electrons. The minimum atomic E-state index is -0.0476. The highest BCUT2D eigenvalue weighted by molar-refractivity contribution is 8.26. The Balaban J connectivity index is 1.40. The molecular weight excluding hydrogens is 410 g/mol. The normalized spacial score (nSPS) is 15.1. The number of carbonyl (C=O) groups is 1. The van der Waals surface area contributed by atoms with Gasteiger partial charge < -0.3 is 4.74 Å². The lowest BCUT2D eigenvalue weighted by Crippen LogP contribution is -2.27. The van der Waals surface area contributed by atoms with Crippen LogP contribution in [0.25, 0.3) is 6.08 Å². The highest BCUT2D eigenvalue weighted by atomic mass is 32.2. The molecule has 0 unspecified atom stereocenters. The summed E-state index contributed by atoms with van der Waals surface area (Å²) >= 11 is 6.77. The van der Waals surface area contributed by atoms with E-state index in [1.54, 1.807) is 4.90 Å². The SMILES string of the molecule is Cc1ccc(COc2ccc(/C=C3\SC(=S)N(Cc4ccccc4)C3=O)cc2)cc1. The standard InChI is InChI=1S/C25H21NO2S2/c1-18-7-9-21(10-8-18)17-28-22-13-11-19(12-14-22)15-23-24(27)26(25(29)30-23)16-20-5-3-2-4-6-20/h2-15H,16-17H2,1H3/b23-15-. The van der Waals surface area contributed by atoms with Crippen molar-refractivity contribution in [1.29, 1.82) is 0 Å². The zero-order valence-electron chi connectivity index (χ0n) is 16.6. The minimum absolute atomic E-state index is 0.0476. The zero-order valence-corrected chi connectivity index (χ0v) is 18.2. The summed E-state index contributed by atoms with van der Waals surface area (Å²) in [6.07, 6.45) is 1.88. The van der Waals surface area contributed by atoms with Gasteiger partial charge in [-0.05, 0) is 41.8 Å². The summed E-state index contributed by atoms with van der Waals surface area (Å²) in [7, 11) is 0. The maximum Gasteiger partial charge on any atom is 0.266 e. The number of thioether (sulfide) groups is 1. The molecule has 3 aromatic carbocycles. The highest BCUT2D eigenvalue weighted by Crippen LogP contribution is 2.33. The van der Waals surface area contributed by atoms with Gasteiger partial charge in [-0.1, -0.05) is 96.3 Å². The molecule has 4 rings (SSSR count). The van der Waals surface area contributed by atoms with Crippen LogP contribution in [0.1, 0.15) is 22.3 Å². The number of amides is 1. The summed E-state index contributed by atoms with van der Waals surface area (Å²) in [6, 6.07) is 25.9. The third-order valence-corrected chi connectivity index (χ3v) is 6.14. The van der Waals surface area contributed by atoms with Crippen molar-refractivity contribution in [1.82, 2.24) is 4.90 Å². The van der Waals surface area contributed by atoms with Crippen molar-refractivity contribution in [2.24, 2.45) is 0 Å². The molecule has 0 radical (unpaired) electrons. The van der Waals surface area contributed by atoms with E-state index in [0.717, 1.165) is 22.4 Å². The lowest BCUT2D eigenvalue weighted by Gasteiger charge is -2.14. The van der Waals surface area contributed by atoms with Gasteiger partial charge in [0.2, 0.25) is 0 Å². The van der Waals surface area contributed by atoms with Crippen molar-refractivity contribution in [3.05, 3.63) is 106 Å². The summed E-state index contributed by atoms with van der Waals surface area (Å²) in [5, 5.41) is 0. The molecule has 1 heterocycles. The summed E-state index contributed by atoms with van der Waals surface area (Å²) in [6.45, 7) is 3.09. The largest absolute Gasteiger partial charge is 0.489 e. The van der Waals surface area contributed by atoms with Gasteiger partial charge in [0.1, 0.15) is 16.7 Å². The number of aryl methyl sites for hydroxylation is 1. The quantitative estimate of drug-likeness (QED) is 0.355. The van der Waals surface area contributed by atoms with Crippen LogP contribution in [0.2, 0.25) is 0 Å². The van der Waals surface area contributed by atoms with E-state index in [1.165, 1.54) is 17.3 Å². The van der Waals surface area contributed by atoms with Gasteiger partial charge in [0.05, 0.1) is 11.4 Å². The van der Waals surface area contributed by atoms with Gasteiger partial charge in [-0.2, -0.15) is 0 Å². The van der Waals surface area contributed by atoms with E-state index in [2.05, 4.69) is 31.2 Å². The number of ether oxygens (including phenoxy) is 1. The third kappa shape index (κ3) is 4.99. The Morgan fingerprint density at radius 3 is 2.33 bits per heavy atom. The number of rotatable bonds is 6. The number of carbonyl (C=O) groups excluding carboxylic acids is 1. The molecular formula is C25H21NO2S2. The van der Waals surface area contributed by atoms with E-state index in [9.17, 15) is 4.79 Å². The first-order valence-corrected chi connectivity index (χ1v) is 10.9. The van der Waals surface area contributed by atoms with Crippen LogP contribution >= 0.6 is 24.0 Å². The molecule has 0 N–H and O–H groups in total. The smallest absolute Gasteiger partial charge is 0.266 e. The minimum Gasteiger partial charge on any atom is -0.489 e. The number of hydrogen-bond acceptors (Lipinski definition) is 4. The van der Waals surface area contributed by atoms with Crippen LogP contribution in [0, 0.1) is 6.92 Å². The van der Waals surface area contributed by atoms with Crippen molar-refractivity contribution < 1.29 is 9.53 Å². The zero-order chi connectivity index (χ0) is 20.9. The topological polar surface area (TPSA) is 29.5 Å². The molecule has 0 saturated carbocycles. The monoisotopic (exact) mass is 431 g/mol. The number of benzene rings is 3. The average molecular weight is 432 g/mol. The van der Waals surface area contributed by atoms with Gasteiger partial charge >= 0.3 is 0 Å². The van der Waals surface area contributed by atoms with Crippen LogP contribution in [-0.2, 0) is 17.9 Å². The maximum absolute atomic E-state index is 12.8. The number of hydrogen-bond donors (Lipinski definition) is 0. The van der Waals surface area contributed by atoms with E-state index >= 15 is 0 Å². The summed E-state index contributed by atoms with van der Waals surface area (Å²) in [5.74, 6) is 0.748. The lowest BCUT2D eigenvalue weighted by atomic mass is 10.1. The molecule has 0 spiro atoms. The van der Waals surface area contributed by atoms with Gasteiger partial charge in [0.25, 0.3) is 5.91 Å². The summed E-state index contributed by atoms with van der Waals surface area (Å²) in [4.78, 5) is 15.1. The molecule has 0 bridgehead atoms. The first kappa shape index (κ1) is 20.4. The van der Waals surface area contributed by atoms with Crippen LogP contribution in [0.5, 0.6) is 5.75 Å². The molecule has 3 nitrogen and oxygen atoms in total. The Bertz CT molecular complexity index is 1070. The predicted molar refractivity (Wildman–Crippen MR) is 127 cm³/mol. The van der Waals surface area contributed by atoms with Crippen molar-refractivity contribution in [2.45, 2.75) is 20.1 Å². The maximum atomic E-state index is 12.8. The Hall–Kier alpha value is -2.89. The third-order valence-electron chi connectivity index (χ3n) is 4.76. The molecule has 3 aromatic rings. The van der Waals surface area contributed by atoms with Gasteiger partial charge in [-0.3, -0.25) is 9.69 Å². The van der Waals surface area contributed by atoms with E-state index < -0.39 is 0 Å². The molecule has 0 aliphatic carbocycles. The summed E-state index contributed by atoms with van der Waals surface area (Å²) < 4.78 is 6.45. The first-order chi connectivity index (χ1) is 14.6. The average Bonchev–Trinajstić information content (AvgIpc) is 3.02. The van der Waals surface area contributed by atoms with E-state index in [4.69, 9.17) is 17.0 Å². The van der Waals surface area contributed by atoms with Crippen LogP contribution < -0.4 is 4.74 Å². The van der Waals surface area contributed by atoms with E-state index in [1.807, 2.05) is 60.7 Å².